The van der Waals surface area contributed by atoms with Crippen molar-refractivity contribution in [2.24, 2.45) is 0 Å². The van der Waals surface area contributed by atoms with Crippen LogP contribution in [0.4, 0.5) is 4.79 Å². The van der Waals surface area contributed by atoms with Crippen molar-refractivity contribution in [3.05, 3.63) is 48.0 Å². The number of nitrogens with zero attached hydrogens (tertiary/aromatic N) is 1. The van der Waals surface area contributed by atoms with E-state index in [0.717, 1.165) is 24.8 Å². The summed E-state index contributed by atoms with van der Waals surface area (Å²) in [6.07, 6.45) is 7.34. The van der Waals surface area contributed by atoms with Gasteiger partial charge in [0.2, 0.25) is 0 Å². The third-order valence-corrected chi connectivity index (χ3v) is 4.54. The van der Waals surface area contributed by atoms with E-state index in [-0.39, 0.29) is 24.3 Å². The number of carboxylic acid groups (broad SMARTS) is 1. The number of allylic oxidation sites excluding steroid dienone is 1. The third-order valence-electron chi connectivity index (χ3n) is 4.54. The van der Waals surface area contributed by atoms with E-state index in [1.54, 1.807) is 17.1 Å². The minimum atomic E-state index is -0.778. The van der Waals surface area contributed by atoms with Crippen LogP contribution in [0.3, 0.4) is 0 Å². The Balaban J connectivity index is 1.80. The minimum Gasteiger partial charge on any atom is -0.481 e. The molecule has 1 atom stereocenters. The average Bonchev–Trinajstić information content (AvgIpc) is 2.65. The number of aliphatic carboxylic acids is 1. The monoisotopic (exact) mass is 373 g/mol. The zero-order valence-electron chi connectivity index (χ0n) is 15.5. The standard InChI is InChI=1S/C21H27NO5/c23-19(16-17-8-4-3-5-9-17)12-11-18-13-15-27-21(26)22(18)14-7-2-1-6-10-20(24)25/h3-5,8-9,11-12,18H,1-2,6-7,10,13-16H2,(H,24,25)/b12-11+/t18-/m0/s1. The van der Waals surface area contributed by atoms with Gasteiger partial charge in [-0.25, -0.2) is 4.79 Å². The fourth-order valence-electron chi connectivity index (χ4n) is 3.08. The molecule has 0 aliphatic carbocycles. The number of hydrogen-bond acceptors (Lipinski definition) is 4. The van der Waals surface area contributed by atoms with Gasteiger partial charge in [0, 0.05) is 25.8 Å². The molecular weight excluding hydrogens is 346 g/mol. The van der Waals surface area contributed by atoms with Gasteiger partial charge in [-0.3, -0.25) is 9.59 Å². The summed E-state index contributed by atoms with van der Waals surface area (Å²) < 4.78 is 5.12. The summed E-state index contributed by atoms with van der Waals surface area (Å²) in [4.78, 5) is 36.4. The highest BCUT2D eigenvalue weighted by Crippen LogP contribution is 2.17. The van der Waals surface area contributed by atoms with Crippen molar-refractivity contribution in [3.63, 3.8) is 0 Å². The van der Waals surface area contributed by atoms with Crippen molar-refractivity contribution in [1.82, 2.24) is 4.90 Å². The maximum absolute atomic E-state index is 12.2. The lowest BCUT2D eigenvalue weighted by atomic mass is 10.1. The molecule has 1 heterocycles. The van der Waals surface area contributed by atoms with E-state index in [9.17, 15) is 14.4 Å². The first-order valence-electron chi connectivity index (χ1n) is 9.46. The van der Waals surface area contributed by atoms with E-state index in [1.165, 1.54) is 0 Å². The Kier molecular flexibility index (Phi) is 8.55. The SMILES string of the molecule is O=C(O)CCCCCCN1C(=O)OCC[C@@H]1/C=C/C(=O)Cc1ccccc1. The highest BCUT2D eigenvalue weighted by atomic mass is 16.6. The molecule has 1 aromatic carbocycles. The number of rotatable bonds is 11. The molecule has 2 rings (SSSR count). The van der Waals surface area contributed by atoms with Gasteiger partial charge in [0.25, 0.3) is 0 Å². The van der Waals surface area contributed by atoms with E-state index in [0.29, 0.717) is 32.4 Å². The van der Waals surface area contributed by atoms with E-state index in [2.05, 4.69) is 0 Å². The molecule has 6 heteroatoms. The largest absolute Gasteiger partial charge is 0.481 e. The van der Waals surface area contributed by atoms with Crippen molar-refractivity contribution >= 4 is 17.8 Å². The van der Waals surface area contributed by atoms with Gasteiger partial charge in [0.15, 0.2) is 5.78 Å². The summed E-state index contributed by atoms with van der Waals surface area (Å²) in [6.45, 7) is 0.906. The Morgan fingerprint density at radius 3 is 2.63 bits per heavy atom. The highest BCUT2D eigenvalue weighted by Gasteiger charge is 2.27. The zero-order chi connectivity index (χ0) is 19.5. The summed E-state index contributed by atoms with van der Waals surface area (Å²) in [5.41, 5.74) is 0.966. The number of benzene rings is 1. The van der Waals surface area contributed by atoms with Crippen LogP contribution in [-0.4, -0.2) is 47.0 Å². The van der Waals surface area contributed by atoms with Gasteiger partial charge in [-0.05, 0) is 24.5 Å². The van der Waals surface area contributed by atoms with Gasteiger partial charge in [0.05, 0.1) is 12.6 Å². The molecular formula is C21H27NO5. The molecule has 1 fully saturated rings. The normalized spacial score (nSPS) is 17.1. The van der Waals surface area contributed by atoms with Crippen LogP contribution in [0.15, 0.2) is 42.5 Å². The van der Waals surface area contributed by atoms with Gasteiger partial charge in [-0.1, -0.05) is 49.2 Å². The Hall–Kier alpha value is -2.63. The van der Waals surface area contributed by atoms with Crippen LogP contribution < -0.4 is 0 Å². The van der Waals surface area contributed by atoms with Gasteiger partial charge < -0.3 is 14.7 Å². The maximum atomic E-state index is 12.2. The number of carbonyl (C=O) groups is 3. The van der Waals surface area contributed by atoms with Gasteiger partial charge in [0.1, 0.15) is 0 Å². The quantitative estimate of drug-likeness (QED) is 0.473. The summed E-state index contributed by atoms with van der Waals surface area (Å²) in [5, 5.41) is 8.64. The van der Waals surface area contributed by atoms with Crippen LogP contribution in [0.1, 0.15) is 44.1 Å². The van der Waals surface area contributed by atoms with Gasteiger partial charge in [-0.2, -0.15) is 0 Å². The first-order valence-corrected chi connectivity index (χ1v) is 9.46. The lowest BCUT2D eigenvalue weighted by Crippen LogP contribution is -2.45. The summed E-state index contributed by atoms with van der Waals surface area (Å²) in [7, 11) is 0. The fraction of sp³-hybridized carbons (Fsp3) is 0.476. The molecule has 0 radical (unpaired) electrons. The minimum absolute atomic E-state index is 0.00811. The predicted molar refractivity (Wildman–Crippen MR) is 101 cm³/mol. The lowest BCUT2D eigenvalue weighted by molar-refractivity contribution is -0.137. The molecule has 0 aromatic heterocycles. The Bertz CT molecular complexity index is 656. The molecule has 0 unspecified atom stereocenters. The summed E-state index contributed by atoms with van der Waals surface area (Å²) in [5.74, 6) is -0.770. The molecule has 1 aliphatic rings. The number of hydrogen-bond donors (Lipinski definition) is 1. The predicted octanol–water partition coefficient (Wildman–Crippen LogP) is 3.60. The van der Waals surface area contributed by atoms with E-state index >= 15 is 0 Å². The van der Waals surface area contributed by atoms with Gasteiger partial charge in [-0.15, -0.1) is 0 Å². The fourth-order valence-corrected chi connectivity index (χ4v) is 3.08. The number of cyclic esters (lactones) is 1. The zero-order valence-corrected chi connectivity index (χ0v) is 15.5. The molecule has 27 heavy (non-hydrogen) atoms. The number of carboxylic acids is 1. The van der Waals surface area contributed by atoms with Crippen molar-refractivity contribution in [2.45, 2.75) is 51.0 Å². The number of ether oxygens (including phenoxy) is 1. The van der Waals surface area contributed by atoms with Crippen LogP contribution in [0.5, 0.6) is 0 Å². The molecule has 0 bridgehead atoms. The van der Waals surface area contributed by atoms with Crippen LogP contribution in [0, 0.1) is 0 Å². The molecule has 146 valence electrons. The second kappa shape index (κ2) is 11.2. The van der Waals surface area contributed by atoms with Crippen LogP contribution >= 0.6 is 0 Å². The molecule has 6 nitrogen and oxygen atoms in total. The van der Waals surface area contributed by atoms with Crippen molar-refractivity contribution in [2.75, 3.05) is 13.2 Å². The summed E-state index contributed by atoms with van der Waals surface area (Å²) in [6, 6.07) is 9.42. The van der Waals surface area contributed by atoms with Crippen LogP contribution in [0.2, 0.25) is 0 Å². The second-order valence-corrected chi connectivity index (χ2v) is 6.71. The van der Waals surface area contributed by atoms with Crippen molar-refractivity contribution in [3.8, 4) is 0 Å². The number of unbranched alkanes of at least 4 members (excludes halogenated alkanes) is 3. The average molecular weight is 373 g/mol. The molecule has 0 saturated carbocycles. The number of amides is 1. The molecule has 1 aliphatic heterocycles. The number of ketones is 1. The van der Waals surface area contributed by atoms with E-state index in [1.807, 2.05) is 30.3 Å². The molecule has 0 spiro atoms. The van der Waals surface area contributed by atoms with Crippen molar-refractivity contribution < 1.29 is 24.2 Å². The lowest BCUT2D eigenvalue weighted by Gasteiger charge is -2.33. The van der Waals surface area contributed by atoms with E-state index < -0.39 is 5.97 Å². The Morgan fingerprint density at radius 1 is 1.15 bits per heavy atom. The molecule has 1 saturated heterocycles. The highest BCUT2D eigenvalue weighted by molar-refractivity contribution is 5.91. The second-order valence-electron chi connectivity index (χ2n) is 6.71. The first-order chi connectivity index (χ1) is 13.1. The molecule has 1 amide bonds. The number of carbonyl (C=O) groups excluding carboxylic acids is 2. The van der Waals surface area contributed by atoms with E-state index in [4.69, 9.17) is 9.84 Å². The Morgan fingerprint density at radius 2 is 1.89 bits per heavy atom. The molecule has 1 aromatic rings. The first kappa shape index (κ1) is 20.7. The molecule has 1 N–H and O–H groups in total. The van der Waals surface area contributed by atoms with Crippen LogP contribution in [-0.2, 0) is 20.7 Å². The maximum Gasteiger partial charge on any atom is 0.410 e. The van der Waals surface area contributed by atoms with Crippen molar-refractivity contribution in [1.29, 1.82) is 0 Å². The topological polar surface area (TPSA) is 83.9 Å². The van der Waals surface area contributed by atoms with Gasteiger partial charge >= 0.3 is 12.1 Å². The third kappa shape index (κ3) is 7.64. The Labute approximate surface area is 159 Å². The smallest absolute Gasteiger partial charge is 0.410 e. The summed E-state index contributed by atoms with van der Waals surface area (Å²) >= 11 is 0. The van der Waals surface area contributed by atoms with Crippen LogP contribution in [0.25, 0.3) is 0 Å².